The number of rotatable bonds is 6. The lowest BCUT2D eigenvalue weighted by Gasteiger charge is -2.14. The molecule has 1 unspecified atom stereocenters. The predicted molar refractivity (Wildman–Crippen MR) is 78.0 cm³/mol. The van der Waals surface area contributed by atoms with Crippen molar-refractivity contribution < 1.29 is 23.4 Å². The molecule has 0 aliphatic heterocycles. The first-order chi connectivity index (χ1) is 10.5. The first-order valence-electron chi connectivity index (χ1n) is 6.84. The second kappa shape index (κ2) is 7.02. The van der Waals surface area contributed by atoms with Gasteiger partial charge in [-0.1, -0.05) is 29.8 Å². The van der Waals surface area contributed by atoms with Crippen LogP contribution in [0.5, 0.6) is 5.75 Å². The molecule has 0 heterocycles. The summed E-state index contributed by atoms with van der Waals surface area (Å²) in [5.74, 6) is -3.28. The smallest absolute Gasteiger partial charge is 0.311 e. The van der Waals surface area contributed by atoms with Crippen LogP contribution in [-0.4, -0.2) is 17.7 Å². The molecular weight excluding hydrogens is 290 g/mol. The van der Waals surface area contributed by atoms with E-state index < -0.39 is 23.5 Å². The predicted octanol–water partition coefficient (Wildman–Crippen LogP) is 3.91. The average Bonchev–Trinajstić information content (AvgIpc) is 2.46. The molecule has 0 aliphatic rings. The number of aliphatic carboxylic acids is 1. The zero-order valence-electron chi connectivity index (χ0n) is 12.1. The molecule has 3 nitrogen and oxygen atoms in total. The van der Waals surface area contributed by atoms with E-state index >= 15 is 0 Å². The van der Waals surface area contributed by atoms with Crippen LogP contribution in [0.25, 0.3) is 0 Å². The van der Waals surface area contributed by atoms with Gasteiger partial charge in [-0.05, 0) is 31.0 Å². The van der Waals surface area contributed by atoms with Crippen molar-refractivity contribution >= 4 is 5.97 Å². The van der Waals surface area contributed by atoms with E-state index in [-0.39, 0.29) is 18.8 Å². The Morgan fingerprint density at radius 2 is 1.86 bits per heavy atom. The molecule has 1 N–H and O–H groups in total. The van der Waals surface area contributed by atoms with Crippen molar-refractivity contribution in [3.05, 3.63) is 65.2 Å². The minimum atomic E-state index is -0.966. The van der Waals surface area contributed by atoms with Crippen LogP contribution in [0.2, 0.25) is 0 Å². The number of carbonyl (C=O) groups is 1. The maximum Gasteiger partial charge on any atom is 0.311 e. The maximum atomic E-state index is 13.4. The molecule has 0 spiro atoms. The molecule has 2 aromatic carbocycles. The first kappa shape index (κ1) is 15.9. The van der Waals surface area contributed by atoms with Crippen LogP contribution < -0.4 is 4.74 Å². The normalized spacial score (nSPS) is 12.0. The Hall–Kier alpha value is -2.43. The summed E-state index contributed by atoms with van der Waals surface area (Å²) >= 11 is 0. The number of halogens is 2. The lowest BCUT2D eigenvalue weighted by Crippen LogP contribution is -2.15. The van der Waals surface area contributed by atoms with Crippen molar-refractivity contribution in [3.63, 3.8) is 0 Å². The fourth-order valence-corrected chi connectivity index (χ4v) is 2.11. The number of hydrogen-bond donors (Lipinski definition) is 1. The highest BCUT2D eigenvalue weighted by Crippen LogP contribution is 2.23. The summed E-state index contributed by atoms with van der Waals surface area (Å²) < 4.78 is 31.4. The number of carboxylic acids is 1. The summed E-state index contributed by atoms with van der Waals surface area (Å²) in [5.41, 5.74) is 1.71. The van der Waals surface area contributed by atoms with Crippen LogP contribution in [0.4, 0.5) is 8.78 Å². The summed E-state index contributed by atoms with van der Waals surface area (Å²) in [6, 6.07) is 10.2. The topological polar surface area (TPSA) is 46.5 Å². The first-order valence-corrected chi connectivity index (χ1v) is 6.84. The molecule has 5 heteroatoms. The maximum absolute atomic E-state index is 13.4. The van der Waals surface area contributed by atoms with Crippen LogP contribution in [-0.2, 0) is 4.79 Å². The highest BCUT2D eigenvalue weighted by molar-refractivity contribution is 5.76. The van der Waals surface area contributed by atoms with Crippen molar-refractivity contribution in [1.82, 2.24) is 0 Å². The fourth-order valence-electron chi connectivity index (χ4n) is 2.11. The minimum absolute atomic E-state index is 0.0212. The minimum Gasteiger partial charge on any atom is -0.490 e. The molecule has 0 saturated carbocycles. The van der Waals surface area contributed by atoms with E-state index in [9.17, 15) is 18.7 Å². The molecule has 0 fully saturated rings. The molecule has 2 rings (SSSR count). The Morgan fingerprint density at radius 1 is 1.18 bits per heavy atom. The molecule has 0 aliphatic carbocycles. The van der Waals surface area contributed by atoms with E-state index in [1.165, 1.54) is 6.07 Å². The third kappa shape index (κ3) is 4.04. The van der Waals surface area contributed by atoms with E-state index in [0.717, 1.165) is 17.7 Å². The Balaban J connectivity index is 2.00. The van der Waals surface area contributed by atoms with E-state index in [1.54, 1.807) is 12.1 Å². The quantitative estimate of drug-likeness (QED) is 0.880. The molecule has 0 radical (unpaired) electrons. The van der Waals surface area contributed by atoms with Gasteiger partial charge in [-0.25, -0.2) is 8.78 Å². The summed E-state index contributed by atoms with van der Waals surface area (Å²) in [5, 5.41) is 9.30. The third-order valence-corrected chi connectivity index (χ3v) is 3.34. The van der Waals surface area contributed by atoms with E-state index in [2.05, 4.69) is 0 Å². The average molecular weight is 306 g/mol. The van der Waals surface area contributed by atoms with E-state index in [1.807, 2.05) is 19.1 Å². The Bertz CT molecular complexity index is 653. The number of ether oxygens (including phenoxy) is 1. The van der Waals surface area contributed by atoms with Crippen molar-refractivity contribution in [2.24, 2.45) is 0 Å². The van der Waals surface area contributed by atoms with Crippen LogP contribution >= 0.6 is 0 Å². The molecule has 2 aromatic rings. The molecule has 0 amide bonds. The zero-order chi connectivity index (χ0) is 16.1. The van der Waals surface area contributed by atoms with E-state index in [4.69, 9.17) is 4.74 Å². The SMILES string of the molecule is Cc1ccc(C(CCOc2ccc(F)cc2F)C(=O)O)cc1. The van der Waals surface area contributed by atoms with Gasteiger partial charge in [0.15, 0.2) is 11.6 Å². The van der Waals surface area contributed by atoms with Gasteiger partial charge in [-0.3, -0.25) is 4.79 Å². The third-order valence-electron chi connectivity index (χ3n) is 3.34. The largest absolute Gasteiger partial charge is 0.490 e. The van der Waals surface area contributed by atoms with Gasteiger partial charge in [0.1, 0.15) is 5.82 Å². The molecule has 0 bridgehead atoms. The Morgan fingerprint density at radius 3 is 2.45 bits per heavy atom. The van der Waals surface area contributed by atoms with Gasteiger partial charge in [-0.2, -0.15) is 0 Å². The van der Waals surface area contributed by atoms with Crippen molar-refractivity contribution in [3.8, 4) is 5.75 Å². The summed E-state index contributed by atoms with van der Waals surface area (Å²) in [4.78, 5) is 11.4. The Kier molecular flexibility index (Phi) is 5.09. The molecule has 116 valence electrons. The zero-order valence-corrected chi connectivity index (χ0v) is 12.1. The van der Waals surface area contributed by atoms with Gasteiger partial charge in [0.05, 0.1) is 12.5 Å². The molecule has 1 atom stereocenters. The van der Waals surface area contributed by atoms with Crippen LogP contribution in [0.15, 0.2) is 42.5 Å². The van der Waals surface area contributed by atoms with Gasteiger partial charge in [-0.15, -0.1) is 0 Å². The number of carboxylic acid groups (broad SMARTS) is 1. The molecule has 0 saturated heterocycles. The van der Waals surface area contributed by atoms with Gasteiger partial charge >= 0.3 is 5.97 Å². The molecular formula is C17H16F2O3. The van der Waals surface area contributed by atoms with Crippen molar-refractivity contribution in [2.75, 3.05) is 6.61 Å². The number of benzene rings is 2. The number of hydrogen-bond acceptors (Lipinski definition) is 2. The second-order valence-electron chi connectivity index (χ2n) is 5.01. The fraction of sp³-hybridized carbons (Fsp3) is 0.235. The summed E-state index contributed by atoms with van der Waals surface area (Å²) in [6.07, 6.45) is 0.190. The van der Waals surface area contributed by atoms with Crippen molar-refractivity contribution in [1.29, 1.82) is 0 Å². The monoisotopic (exact) mass is 306 g/mol. The lowest BCUT2D eigenvalue weighted by molar-refractivity contribution is -0.139. The molecule has 22 heavy (non-hydrogen) atoms. The molecule has 0 aromatic heterocycles. The second-order valence-corrected chi connectivity index (χ2v) is 5.01. The van der Waals surface area contributed by atoms with E-state index in [0.29, 0.717) is 5.56 Å². The Labute approximate surface area is 127 Å². The van der Waals surface area contributed by atoms with Crippen LogP contribution in [0.3, 0.4) is 0 Å². The van der Waals surface area contributed by atoms with Crippen LogP contribution in [0, 0.1) is 18.6 Å². The summed E-state index contributed by atoms with van der Waals surface area (Å²) in [6.45, 7) is 1.94. The van der Waals surface area contributed by atoms with Gasteiger partial charge in [0.25, 0.3) is 0 Å². The lowest BCUT2D eigenvalue weighted by atomic mass is 9.95. The highest BCUT2D eigenvalue weighted by atomic mass is 19.1. The van der Waals surface area contributed by atoms with Crippen LogP contribution in [0.1, 0.15) is 23.5 Å². The number of aryl methyl sites for hydroxylation is 1. The standard InChI is InChI=1S/C17H16F2O3/c1-11-2-4-12(5-3-11)14(17(20)21)8-9-22-16-7-6-13(18)10-15(16)19/h2-7,10,14H,8-9H2,1H3,(H,20,21). The van der Waals surface area contributed by atoms with Gasteiger partial charge < -0.3 is 9.84 Å². The van der Waals surface area contributed by atoms with Crippen molar-refractivity contribution in [2.45, 2.75) is 19.3 Å². The van der Waals surface area contributed by atoms with Gasteiger partial charge in [0, 0.05) is 6.07 Å². The summed E-state index contributed by atoms with van der Waals surface area (Å²) in [7, 11) is 0. The highest BCUT2D eigenvalue weighted by Gasteiger charge is 2.20. The van der Waals surface area contributed by atoms with Gasteiger partial charge in [0.2, 0.25) is 0 Å².